The first-order chi connectivity index (χ1) is 19.9. The molecule has 5 heteroatoms. The fourth-order valence-corrected chi connectivity index (χ4v) is 5.94. The monoisotopic (exact) mass is 540 g/mol. The maximum Gasteiger partial charge on any atom is 0.329 e. The predicted octanol–water partition coefficient (Wildman–Crippen LogP) is 7.08. The molecule has 41 heavy (non-hydrogen) atoms. The smallest absolute Gasteiger partial charge is 0.329 e. The first-order valence-electron chi connectivity index (χ1n) is 13.9. The average Bonchev–Trinajstić information content (AvgIpc) is 3.39. The number of hydrogen-bond acceptors (Lipinski definition) is 2. The lowest BCUT2D eigenvalue weighted by Gasteiger charge is -2.29. The molecule has 0 saturated carbocycles. The van der Waals surface area contributed by atoms with Crippen LogP contribution in [0.5, 0.6) is 0 Å². The van der Waals surface area contributed by atoms with Crippen molar-refractivity contribution in [2.24, 2.45) is 5.92 Å². The van der Waals surface area contributed by atoms with Crippen LogP contribution in [0.25, 0.3) is 32.4 Å². The Labute approximate surface area is 238 Å². The van der Waals surface area contributed by atoms with Crippen molar-refractivity contribution in [2.75, 3.05) is 0 Å². The van der Waals surface area contributed by atoms with Crippen LogP contribution < -0.4 is 5.32 Å². The van der Waals surface area contributed by atoms with Crippen molar-refractivity contribution < 1.29 is 14.7 Å². The van der Waals surface area contributed by atoms with Gasteiger partial charge in [-0.25, -0.2) is 4.79 Å². The lowest BCUT2D eigenvalue weighted by molar-refractivity contribution is -0.147. The first-order valence-corrected chi connectivity index (χ1v) is 13.9. The van der Waals surface area contributed by atoms with Crippen LogP contribution in [-0.2, 0) is 28.9 Å². The second-order valence-electron chi connectivity index (χ2n) is 11.0. The molecule has 0 fully saturated rings. The number of aromatic amines is 1. The molecule has 0 unspecified atom stereocenters. The van der Waals surface area contributed by atoms with Gasteiger partial charge in [-0.3, -0.25) is 4.79 Å². The Balaban J connectivity index is 1.36. The Hall–Kier alpha value is -4.90. The molecule has 6 aromatic rings. The van der Waals surface area contributed by atoms with Gasteiger partial charge >= 0.3 is 5.97 Å². The van der Waals surface area contributed by atoms with E-state index in [0.29, 0.717) is 12.8 Å². The van der Waals surface area contributed by atoms with Crippen LogP contribution in [-0.4, -0.2) is 27.5 Å². The quantitative estimate of drug-likeness (QED) is 0.183. The summed E-state index contributed by atoms with van der Waals surface area (Å²) in [6, 6.07) is 36.4. The van der Waals surface area contributed by atoms with Crippen LogP contribution in [0.3, 0.4) is 0 Å². The molecule has 1 amide bonds. The summed E-state index contributed by atoms with van der Waals surface area (Å²) >= 11 is 0. The summed E-state index contributed by atoms with van der Waals surface area (Å²) in [6.07, 6.45) is 2.97. The van der Waals surface area contributed by atoms with E-state index in [1.165, 1.54) is 0 Å². The van der Waals surface area contributed by atoms with E-state index in [2.05, 4.69) is 58.8 Å². The Kier molecular flexibility index (Phi) is 7.02. The lowest BCUT2D eigenvalue weighted by Crippen LogP contribution is -2.55. The van der Waals surface area contributed by atoms with Gasteiger partial charge < -0.3 is 15.4 Å². The summed E-state index contributed by atoms with van der Waals surface area (Å²) in [6.45, 7) is 1.60. The third kappa shape index (κ3) is 5.31. The standard InChI is InChI=1S/C36H32N2O3/c1-36(35(40)41,22-29-23-37-33-19-7-6-18-32(29)33)38-34(39)28(20-26-14-8-12-24-10-2-4-16-30(24)26)21-27-15-9-13-25-11-3-5-17-31(25)27/h2-19,23,28,37H,20-22H2,1H3,(H,38,39)(H,40,41)/t36-/m1/s1. The highest BCUT2D eigenvalue weighted by molar-refractivity contribution is 5.92. The topological polar surface area (TPSA) is 82.2 Å². The molecule has 0 radical (unpaired) electrons. The van der Waals surface area contributed by atoms with Crippen molar-refractivity contribution in [1.82, 2.24) is 10.3 Å². The molecule has 1 aromatic heterocycles. The predicted molar refractivity (Wildman–Crippen MR) is 165 cm³/mol. The second kappa shape index (κ2) is 10.9. The number of nitrogens with one attached hydrogen (secondary N) is 2. The van der Waals surface area contributed by atoms with Gasteiger partial charge in [-0.15, -0.1) is 0 Å². The number of rotatable bonds is 9. The van der Waals surface area contributed by atoms with E-state index < -0.39 is 17.4 Å². The molecule has 6 rings (SSSR count). The minimum absolute atomic E-state index is 0.160. The number of carbonyl (C=O) groups is 2. The molecule has 0 aliphatic carbocycles. The van der Waals surface area contributed by atoms with Crippen molar-refractivity contribution >= 4 is 44.3 Å². The number of para-hydroxylation sites is 1. The van der Waals surface area contributed by atoms with Crippen LogP contribution in [0, 0.1) is 5.92 Å². The number of amides is 1. The van der Waals surface area contributed by atoms with E-state index in [-0.39, 0.29) is 12.3 Å². The van der Waals surface area contributed by atoms with Gasteiger partial charge in [-0.2, -0.15) is 0 Å². The summed E-state index contributed by atoms with van der Waals surface area (Å²) in [7, 11) is 0. The molecule has 1 atom stereocenters. The molecule has 5 nitrogen and oxygen atoms in total. The Morgan fingerprint density at radius 1 is 0.707 bits per heavy atom. The van der Waals surface area contributed by atoms with Crippen LogP contribution in [0.2, 0.25) is 0 Å². The second-order valence-corrected chi connectivity index (χ2v) is 11.0. The molecule has 204 valence electrons. The molecule has 0 bridgehead atoms. The normalized spacial score (nSPS) is 13.0. The van der Waals surface area contributed by atoms with Crippen molar-refractivity contribution in [1.29, 1.82) is 0 Å². The van der Waals surface area contributed by atoms with Gasteiger partial charge in [-0.1, -0.05) is 103 Å². The lowest BCUT2D eigenvalue weighted by atomic mass is 9.86. The van der Waals surface area contributed by atoms with Crippen LogP contribution in [0.4, 0.5) is 0 Å². The van der Waals surface area contributed by atoms with Crippen LogP contribution in [0.15, 0.2) is 115 Å². The number of carbonyl (C=O) groups excluding carboxylic acids is 1. The van der Waals surface area contributed by atoms with Crippen molar-refractivity contribution in [3.05, 3.63) is 132 Å². The molecule has 0 aliphatic heterocycles. The molecular formula is C36H32N2O3. The molecule has 1 heterocycles. The summed E-state index contributed by atoms with van der Waals surface area (Å²) in [5, 5.41) is 18.7. The van der Waals surface area contributed by atoms with E-state index in [1.807, 2.05) is 66.9 Å². The minimum atomic E-state index is -1.49. The number of carboxylic acids is 1. The summed E-state index contributed by atoms with van der Waals surface area (Å²) < 4.78 is 0. The zero-order valence-corrected chi connectivity index (χ0v) is 22.9. The maximum atomic E-state index is 14.2. The largest absolute Gasteiger partial charge is 0.480 e. The van der Waals surface area contributed by atoms with E-state index in [4.69, 9.17) is 0 Å². The van der Waals surface area contributed by atoms with Gasteiger partial charge in [0.05, 0.1) is 0 Å². The summed E-state index contributed by atoms with van der Waals surface area (Å²) in [5.41, 5.74) is 2.43. The Morgan fingerprint density at radius 2 is 1.22 bits per heavy atom. The molecular weight excluding hydrogens is 508 g/mol. The Morgan fingerprint density at radius 3 is 1.80 bits per heavy atom. The molecule has 5 aromatic carbocycles. The first kappa shape index (κ1) is 26.3. The van der Waals surface area contributed by atoms with Gasteiger partial charge in [0.15, 0.2) is 0 Å². The van der Waals surface area contributed by atoms with E-state index in [0.717, 1.165) is 49.1 Å². The highest BCUT2D eigenvalue weighted by Crippen LogP contribution is 2.28. The number of fused-ring (bicyclic) bond motifs is 3. The SMILES string of the molecule is C[C@](Cc1c[nH]c2ccccc12)(NC(=O)C(Cc1cccc2ccccc12)Cc1cccc2ccccc12)C(=O)O. The van der Waals surface area contributed by atoms with Crippen molar-refractivity contribution in [3.8, 4) is 0 Å². The number of hydrogen-bond donors (Lipinski definition) is 3. The summed E-state index contributed by atoms with van der Waals surface area (Å²) in [4.78, 5) is 30.1. The van der Waals surface area contributed by atoms with Gasteiger partial charge in [0.2, 0.25) is 5.91 Å². The fourth-order valence-electron chi connectivity index (χ4n) is 5.94. The van der Waals surface area contributed by atoms with Gasteiger partial charge in [0.1, 0.15) is 5.54 Å². The van der Waals surface area contributed by atoms with Crippen LogP contribution in [0.1, 0.15) is 23.6 Å². The number of aliphatic carboxylic acids is 1. The van der Waals surface area contributed by atoms with Gasteiger partial charge in [0, 0.05) is 29.4 Å². The number of carboxylic acid groups (broad SMARTS) is 1. The molecule has 0 aliphatic rings. The van der Waals surface area contributed by atoms with Crippen molar-refractivity contribution in [3.63, 3.8) is 0 Å². The molecule has 0 spiro atoms. The molecule has 0 saturated heterocycles. The van der Waals surface area contributed by atoms with Crippen molar-refractivity contribution in [2.45, 2.75) is 31.7 Å². The fraction of sp³-hybridized carbons (Fsp3) is 0.167. The van der Waals surface area contributed by atoms with Gasteiger partial charge in [-0.05, 0) is 64.1 Å². The molecule has 3 N–H and O–H groups in total. The number of H-pyrrole nitrogens is 1. The maximum absolute atomic E-state index is 14.2. The minimum Gasteiger partial charge on any atom is -0.480 e. The van der Waals surface area contributed by atoms with E-state index in [9.17, 15) is 14.7 Å². The summed E-state index contributed by atoms with van der Waals surface area (Å²) in [5.74, 6) is -1.81. The third-order valence-corrected chi connectivity index (χ3v) is 8.15. The van der Waals surface area contributed by atoms with E-state index in [1.54, 1.807) is 6.92 Å². The zero-order chi connectivity index (χ0) is 28.4. The zero-order valence-electron chi connectivity index (χ0n) is 22.9. The van der Waals surface area contributed by atoms with E-state index >= 15 is 0 Å². The van der Waals surface area contributed by atoms with Crippen LogP contribution >= 0.6 is 0 Å². The Bertz CT molecular complexity index is 1800. The average molecular weight is 541 g/mol. The highest BCUT2D eigenvalue weighted by Gasteiger charge is 2.37. The number of benzene rings is 5. The highest BCUT2D eigenvalue weighted by atomic mass is 16.4. The van der Waals surface area contributed by atoms with Gasteiger partial charge in [0.25, 0.3) is 0 Å². The number of aromatic nitrogens is 1. The third-order valence-electron chi connectivity index (χ3n) is 8.15.